The van der Waals surface area contributed by atoms with Gasteiger partial charge in [-0.05, 0) is 32.0 Å². The number of hydrogen-bond donors (Lipinski definition) is 4. The third-order valence-electron chi connectivity index (χ3n) is 3.97. The minimum absolute atomic E-state index is 0.0428. The summed E-state index contributed by atoms with van der Waals surface area (Å²) in [6.45, 7) is 3.61. The zero-order valence-electron chi connectivity index (χ0n) is 16.3. The fourth-order valence-corrected chi connectivity index (χ4v) is 3.15. The van der Waals surface area contributed by atoms with Crippen molar-refractivity contribution in [2.75, 3.05) is 22.6 Å². The van der Waals surface area contributed by atoms with Crippen LogP contribution in [0.3, 0.4) is 0 Å². The van der Waals surface area contributed by atoms with E-state index in [4.69, 9.17) is 23.2 Å². The molecule has 10 heteroatoms. The van der Waals surface area contributed by atoms with E-state index in [1.165, 1.54) is 0 Å². The first-order valence-corrected chi connectivity index (χ1v) is 9.83. The molecule has 30 heavy (non-hydrogen) atoms. The molecule has 0 fully saturated rings. The Morgan fingerprint density at radius 1 is 1.13 bits per heavy atom. The summed E-state index contributed by atoms with van der Waals surface area (Å²) >= 11 is 12.2. The quantitative estimate of drug-likeness (QED) is 0.428. The molecule has 4 N–H and O–H groups in total. The molecular formula is C20H20Cl2N6O2. The molecule has 0 aliphatic heterocycles. The van der Waals surface area contributed by atoms with Crippen LogP contribution in [-0.4, -0.2) is 38.6 Å². The number of rotatable bonds is 7. The number of anilines is 4. The van der Waals surface area contributed by atoms with Crippen molar-refractivity contribution in [2.24, 2.45) is 0 Å². The molecule has 8 nitrogen and oxygen atoms in total. The molecule has 156 valence electrons. The first kappa shape index (κ1) is 21.8. The number of aromatic nitrogens is 3. The van der Waals surface area contributed by atoms with Gasteiger partial charge in [0.15, 0.2) is 0 Å². The summed E-state index contributed by atoms with van der Waals surface area (Å²) in [6, 6.07) is 9.74. The van der Waals surface area contributed by atoms with Crippen LogP contribution in [0.25, 0.3) is 0 Å². The van der Waals surface area contributed by atoms with Crippen molar-refractivity contribution in [3.05, 3.63) is 63.9 Å². The third-order valence-corrected chi connectivity index (χ3v) is 4.60. The zero-order valence-corrected chi connectivity index (χ0v) is 17.8. The van der Waals surface area contributed by atoms with Gasteiger partial charge in [-0.1, -0.05) is 29.3 Å². The monoisotopic (exact) mass is 446 g/mol. The fraction of sp³-hybridized carbons (Fsp3) is 0.200. The predicted octanol–water partition coefficient (Wildman–Crippen LogP) is 4.28. The van der Waals surface area contributed by atoms with Crippen LogP contribution in [0.4, 0.5) is 23.3 Å². The van der Waals surface area contributed by atoms with Crippen LogP contribution in [0.5, 0.6) is 0 Å². The molecule has 2 heterocycles. The number of halogens is 2. The average Bonchev–Trinajstić information content (AvgIpc) is 2.67. The first-order chi connectivity index (χ1) is 14.4. The van der Waals surface area contributed by atoms with Gasteiger partial charge in [-0.3, -0.25) is 4.79 Å². The number of amides is 1. The van der Waals surface area contributed by atoms with Crippen molar-refractivity contribution in [1.82, 2.24) is 15.0 Å². The van der Waals surface area contributed by atoms with Gasteiger partial charge in [0.05, 0.1) is 22.2 Å². The first-order valence-electron chi connectivity index (χ1n) is 9.07. The third kappa shape index (κ3) is 5.56. The molecule has 0 saturated heterocycles. The van der Waals surface area contributed by atoms with Gasteiger partial charge < -0.3 is 21.1 Å². The molecule has 3 aromatic rings. The summed E-state index contributed by atoms with van der Waals surface area (Å²) in [6.07, 6.45) is 1.55. The van der Waals surface area contributed by atoms with E-state index in [1.54, 1.807) is 42.6 Å². The van der Waals surface area contributed by atoms with Gasteiger partial charge in [0.1, 0.15) is 11.6 Å². The van der Waals surface area contributed by atoms with Gasteiger partial charge >= 0.3 is 0 Å². The number of carbonyl (C=O) groups is 1. The van der Waals surface area contributed by atoms with E-state index in [9.17, 15) is 9.90 Å². The lowest BCUT2D eigenvalue weighted by Gasteiger charge is -2.13. The van der Waals surface area contributed by atoms with E-state index in [0.29, 0.717) is 23.3 Å². The maximum absolute atomic E-state index is 12.6. The van der Waals surface area contributed by atoms with E-state index in [-0.39, 0.29) is 28.3 Å². The Hall–Kier alpha value is -2.94. The maximum atomic E-state index is 12.6. The fourth-order valence-electron chi connectivity index (χ4n) is 2.58. The number of aryl methyl sites for hydroxylation is 1. The molecule has 3 rings (SSSR count). The highest BCUT2D eigenvalue weighted by Gasteiger charge is 2.15. The van der Waals surface area contributed by atoms with E-state index in [0.717, 1.165) is 5.69 Å². The highest BCUT2D eigenvalue weighted by molar-refractivity contribution is 6.40. The van der Waals surface area contributed by atoms with Crippen LogP contribution < -0.4 is 16.0 Å². The SMILES string of the molecule is Cc1cc(Nc2cc(NC(=O)c3c(Cl)cccc3Cl)ccn2)nc(N[C@@H](C)CO)n1. The lowest BCUT2D eigenvalue weighted by molar-refractivity contribution is 0.102. The normalized spacial score (nSPS) is 11.6. The highest BCUT2D eigenvalue weighted by atomic mass is 35.5. The molecule has 1 atom stereocenters. The maximum Gasteiger partial charge on any atom is 0.258 e. The van der Waals surface area contributed by atoms with Gasteiger partial charge in [0.25, 0.3) is 5.91 Å². The van der Waals surface area contributed by atoms with E-state index in [1.807, 2.05) is 13.8 Å². The molecule has 2 aromatic heterocycles. The predicted molar refractivity (Wildman–Crippen MR) is 119 cm³/mol. The van der Waals surface area contributed by atoms with Crippen molar-refractivity contribution in [3.8, 4) is 0 Å². The number of carbonyl (C=O) groups excluding carboxylic acids is 1. The minimum Gasteiger partial charge on any atom is -0.394 e. The summed E-state index contributed by atoms with van der Waals surface area (Å²) in [5.74, 6) is 0.944. The van der Waals surface area contributed by atoms with Gasteiger partial charge in [-0.2, -0.15) is 4.98 Å². The Balaban J connectivity index is 1.77. The number of benzene rings is 1. The van der Waals surface area contributed by atoms with Gasteiger partial charge in [-0.25, -0.2) is 9.97 Å². The summed E-state index contributed by atoms with van der Waals surface area (Å²) in [4.78, 5) is 25.5. The van der Waals surface area contributed by atoms with Crippen molar-refractivity contribution < 1.29 is 9.90 Å². The number of aliphatic hydroxyl groups excluding tert-OH is 1. The number of aliphatic hydroxyl groups is 1. The smallest absolute Gasteiger partial charge is 0.258 e. The standard InChI is InChI=1S/C20H20Cl2N6O2/c1-11-8-17(28-20(24-11)25-12(2)10-29)27-16-9-13(6-7-23-16)26-19(30)18-14(21)4-3-5-15(18)22/h3-9,12,29H,10H2,1-2H3,(H3,23,24,25,26,27,28,30)/t12-/m0/s1. The van der Waals surface area contributed by atoms with Crippen molar-refractivity contribution in [1.29, 1.82) is 0 Å². The summed E-state index contributed by atoms with van der Waals surface area (Å²) in [5.41, 5.74) is 1.44. The Bertz CT molecular complexity index is 1040. The summed E-state index contributed by atoms with van der Waals surface area (Å²) in [7, 11) is 0. The average molecular weight is 447 g/mol. The Kier molecular flexibility index (Phi) is 7.04. The molecular weight excluding hydrogens is 427 g/mol. The Morgan fingerprint density at radius 2 is 1.87 bits per heavy atom. The number of nitrogens with zero attached hydrogens (tertiary/aromatic N) is 3. The molecule has 0 aliphatic rings. The molecule has 0 unspecified atom stereocenters. The molecule has 1 amide bonds. The largest absolute Gasteiger partial charge is 0.394 e. The highest BCUT2D eigenvalue weighted by Crippen LogP contribution is 2.26. The van der Waals surface area contributed by atoms with E-state index >= 15 is 0 Å². The van der Waals surface area contributed by atoms with Crippen molar-refractivity contribution in [2.45, 2.75) is 19.9 Å². The number of pyridine rings is 1. The topological polar surface area (TPSA) is 112 Å². The number of hydrogen-bond acceptors (Lipinski definition) is 7. The second kappa shape index (κ2) is 9.71. The lowest BCUT2D eigenvalue weighted by Crippen LogP contribution is -2.21. The van der Waals surface area contributed by atoms with Crippen LogP contribution in [0, 0.1) is 6.92 Å². The second-order valence-electron chi connectivity index (χ2n) is 6.55. The molecule has 0 radical (unpaired) electrons. The van der Waals surface area contributed by atoms with Crippen molar-refractivity contribution in [3.63, 3.8) is 0 Å². The minimum atomic E-state index is -0.426. The van der Waals surface area contributed by atoms with Crippen LogP contribution >= 0.6 is 23.2 Å². The molecule has 0 saturated carbocycles. The summed E-state index contributed by atoms with van der Waals surface area (Å²) in [5, 5.41) is 18.6. The Morgan fingerprint density at radius 3 is 2.57 bits per heavy atom. The van der Waals surface area contributed by atoms with Gasteiger partial charge in [0.2, 0.25) is 5.95 Å². The van der Waals surface area contributed by atoms with E-state index in [2.05, 4.69) is 30.9 Å². The summed E-state index contributed by atoms with van der Waals surface area (Å²) < 4.78 is 0. The lowest BCUT2D eigenvalue weighted by atomic mass is 10.2. The molecule has 1 aromatic carbocycles. The van der Waals surface area contributed by atoms with Crippen LogP contribution in [0.1, 0.15) is 23.0 Å². The number of nitrogens with one attached hydrogen (secondary N) is 3. The second-order valence-corrected chi connectivity index (χ2v) is 7.37. The van der Waals surface area contributed by atoms with Crippen LogP contribution in [0.15, 0.2) is 42.6 Å². The Labute approximate surface area is 183 Å². The van der Waals surface area contributed by atoms with Crippen LogP contribution in [-0.2, 0) is 0 Å². The molecule has 0 aliphatic carbocycles. The van der Waals surface area contributed by atoms with Gasteiger partial charge in [-0.15, -0.1) is 0 Å². The van der Waals surface area contributed by atoms with Crippen molar-refractivity contribution >= 4 is 52.4 Å². The molecule has 0 bridgehead atoms. The zero-order chi connectivity index (χ0) is 21.7. The molecule has 0 spiro atoms. The van der Waals surface area contributed by atoms with E-state index < -0.39 is 5.91 Å². The van der Waals surface area contributed by atoms with Crippen LogP contribution in [0.2, 0.25) is 10.0 Å². The van der Waals surface area contributed by atoms with Gasteiger partial charge in [0, 0.05) is 35.8 Å².